The molecule has 0 unspecified atom stereocenters. The predicted molar refractivity (Wildman–Crippen MR) is 86.2 cm³/mol. The molecule has 1 aromatic carbocycles. The van der Waals surface area contributed by atoms with E-state index in [4.69, 9.17) is 0 Å². The number of carbonyl (C=O) groups excluding carboxylic acids is 2. The van der Waals surface area contributed by atoms with Crippen molar-refractivity contribution >= 4 is 17.5 Å². The van der Waals surface area contributed by atoms with Crippen molar-refractivity contribution in [3.63, 3.8) is 0 Å². The Morgan fingerprint density at radius 1 is 0.955 bits per heavy atom. The summed E-state index contributed by atoms with van der Waals surface area (Å²) in [5.41, 5.74) is 3.96. The van der Waals surface area contributed by atoms with Gasteiger partial charge in [-0.05, 0) is 45.0 Å². The molecular formula is C17H19N3O2. The molecule has 1 heterocycles. The number of aryl methyl sites for hydroxylation is 3. The van der Waals surface area contributed by atoms with Crippen LogP contribution in [0.15, 0.2) is 30.3 Å². The van der Waals surface area contributed by atoms with Gasteiger partial charge in [0.1, 0.15) is 0 Å². The first-order chi connectivity index (χ1) is 10.4. The van der Waals surface area contributed by atoms with Crippen LogP contribution >= 0.6 is 0 Å². The van der Waals surface area contributed by atoms with Gasteiger partial charge >= 0.3 is 0 Å². The van der Waals surface area contributed by atoms with E-state index in [1.807, 2.05) is 26.8 Å². The lowest BCUT2D eigenvalue weighted by Crippen LogP contribution is -2.22. The number of pyridine rings is 1. The van der Waals surface area contributed by atoms with Gasteiger partial charge in [-0.1, -0.05) is 11.6 Å². The zero-order chi connectivity index (χ0) is 16.3. The highest BCUT2D eigenvalue weighted by molar-refractivity contribution is 6.09. The SMILES string of the molecule is CNC(=O)c1cc(C)ccc1NC(=O)c1cc(C)nc(C)c1. The summed E-state index contributed by atoms with van der Waals surface area (Å²) in [4.78, 5) is 28.6. The van der Waals surface area contributed by atoms with Crippen molar-refractivity contribution in [2.75, 3.05) is 12.4 Å². The highest BCUT2D eigenvalue weighted by Crippen LogP contribution is 2.19. The highest BCUT2D eigenvalue weighted by atomic mass is 16.2. The lowest BCUT2D eigenvalue weighted by atomic mass is 10.1. The third-order valence-electron chi connectivity index (χ3n) is 3.24. The molecule has 1 aromatic heterocycles. The van der Waals surface area contributed by atoms with Gasteiger partial charge in [0, 0.05) is 24.0 Å². The molecule has 0 fully saturated rings. The number of carbonyl (C=O) groups is 2. The summed E-state index contributed by atoms with van der Waals surface area (Å²) in [7, 11) is 1.56. The molecule has 5 heteroatoms. The third-order valence-corrected chi connectivity index (χ3v) is 3.24. The highest BCUT2D eigenvalue weighted by Gasteiger charge is 2.14. The predicted octanol–water partition coefficient (Wildman–Crippen LogP) is 2.62. The summed E-state index contributed by atoms with van der Waals surface area (Å²) in [6.07, 6.45) is 0. The fourth-order valence-corrected chi connectivity index (χ4v) is 2.25. The van der Waals surface area contributed by atoms with E-state index in [-0.39, 0.29) is 11.8 Å². The molecule has 0 bridgehead atoms. The summed E-state index contributed by atoms with van der Waals surface area (Å²) >= 11 is 0. The molecule has 22 heavy (non-hydrogen) atoms. The van der Waals surface area contributed by atoms with Gasteiger partial charge in [-0.15, -0.1) is 0 Å². The summed E-state index contributed by atoms with van der Waals surface area (Å²) in [5.74, 6) is -0.497. The van der Waals surface area contributed by atoms with E-state index < -0.39 is 0 Å². The summed E-state index contributed by atoms with van der Waals surface area (Å²) in [6.45, 7) is 5.57. The van der Waals surface area contributed by atoms with Crippen LogP contribution < -0.4 is 10.6 Å². The lowest BCUT2D eigenvalue weighted by molar-refractivity contribution is 0.0964. The van der Waals surface area contributed by atoms with Crippen LogP contribution in [0, 0.1) is 20.8 Å². The largest absolute Gasteiger partial charge is 0.355 e. The van der Waals surface area contributed by atoms with Crippen LogP contribution in [0.25, 0.3) is 0 Å². The van der Waals surface area contributed by atoms with E-state index in [1.165, 1.54) is 0 Å². The molecule has 2 amide bonds. The molecule has 0 spiro atoms. The van der Waals surface area contributed by atoms with Gasteiger partial charge in [0.2, 0.25) is 0 Å². The Morgan fingerprint density at radius 3 is 2.18 bits per heavy atom. The first-order valence-electron chi connectivity index (χ1n) is 7.00. The van der Waals surface area contributed by atoms with E-state index in [0.717, 1.165) is 17.0 Å². The Balaban J connectivity index is 2.34. The zero-order valence-electron chi connectivity index (χ0n) is 13.2. The molecular weight excluding hydrogens is 278 g/mol. The number of rotatable bonds is 3. The fourth-order valence-electron chi connectivity index (χ4n) is 2.25. The number of hydrogen-bond acceptors (Lipinski definition) is 3. The fraction of sp³-hybridized carbons (Fsp3) is 0.235. The topological polar surface area (TPSA) is 71.1 Å². The number of aromatic nitrogens is 1. The maximum atomic E-state index is 12.4. The molecule has 0 atom stereocenters. The molecule has 2 aromatic rings. The van der Waals surface area contributed by atoms with Crippen molar-refractivity contribution in [2.24, 2.45) is 0 Å². The number of amides is 2. The van der Waals surface area contributed by atoms with Gasteiger partial charge in [-0.2, -0.15) is 0 Å². The number of benzene rings is 1. The molecule has 2 rings (SSSR count). The van der Waals surface area contributed by atoms with E-state index in [9.17, 15) is 9.59 Å². The van der Waals surface area contributed by atoms with Crippen LogP contribution in [0.2, 0.25) is 0 Å². The van der Waals surface area contributed by atoms with Crippen LogP contribution in [0.3, 0.4) is 0 Å². The summed E-state index contributed by atoms with van der Waals surface area (Å²) in [5, 5.41) is 5.38. The van der Waals surface area contributed by atoms with Gasteiger partial charge in [0.05, 0.1) is 11.3 Å². The average Bonchev–Trinajstić information content (AvgIpc) is 2.47. The van der Waals surface area contributed by atoms with Crippen molar-refractivity contribution in [3.8, 4) is 0 Å². The zero-order valence-corrected chi connectivity index (χ0v) is 13.2. The second kappa shape index (κ2) is 6.39. The number of nitrogens with zero attached hydrogens (tertiary/aromatic N) is 1. The summed E-state index contributed by atoms with van der Waals surface area (Å²) < 4.78 is 0. The molecule has 0 aliphatic carbocycles. The van der Waals surface area contributed by atoms with Crippen molar-refractivity contribution in [2.45, 2.75) is 20.8 Å². The van der Waals surface area contributed by atoms with Crippen molar-refractivity contribution in [1.82, 2.24) is 10.3 Å². The monoisotopic (exact) mass is 297 g/mol. The van der Waals surface area contributed by atoms with Crippen LogP contribution in [-0.4, -0.2) is 23.8 Å². The molecule has 2 N–H and O–H groups in total. The molecule has 0 radical (unpaired) electrons. The Morgan fingerprint density at radius 2 is 1.59 bits per heavy atom. The molecule has 0 saturated heterocycles. The van der Waals surface area contributed by atoms with Gasteiger partial charge in [-0.25, -0.2) is 0 Å². The van der Waals surface area contributed by atoms with Crippen LogP contribution in [0.5, 0.6) is 0 Å². The smallest absolute Gasteiger partial charge is 0.255 e. The second-order valence-corrected chi connectivity index (χ2v) is 5.22. The van der Waals surface area contributed by atoms with E-state index in [0.29, 0.717) is 16.8 Å². The Labute approximate surface area is 129 Å². The average molecular weight is 297 g/mol. The minimum atomic E-state index is -0.261. The van der Waals surface area contributed by atoms with Crippen molar-refractivity contribution in [3.05, 3.63) is 58.4 Å². The molecule has 0 aliphatic heterocycles. The quantitative estimate of drug-likeness (QED) is 0.915. The van der Waals surface area contributed by atoms with Crippen LogP contribution in [-0.2, 0) is 0 Å². The molecule has 0 aliphatic rings. The Bertz CT molecular complexity index is 718. The number of nitrogens with one attached hydrogen (secondary N) is 2. The van der Waals surface area contributed by atoms with Crippen molar-refractivity contribution in [1.29, 1.82) is 0 Å². The molecule has 0 saturated carbocycles. The summed E-state index contributed by atoms with van der Waals surface area (Å²) in [6, 6.07) is 8.77. The maximum Gasteiger partial charge on any atom is 0.255 e. The Hall–Kier alpha value is -2.69. The minimum Gasteiger partial charge on any atom is -0.355 e. The maximum absolute atomic E-state index is 12.4. The van der Waals surface area contributed by atoms with E-state index >= 15 is 0 Å². The van der Waals surface area contributed by atoms with Crippen molar-refractivity contribution < 1.29 is 9.59 Å². The van der Waals surface area contributed by atoms with Crippen LogP contribution in [0.1, 0.15) is 37.7 Å². The number of anilines is 1. The first kappa shape index (κ1) is 15.7. The van der Waals surface area contributed by atoms with E-state index in [2.05, 4.69) is 15.6 Å². The van der Waals surface area contributed by atoms with Gasteiger partial charge in [0.15, 0.2) is 0 Å². The van der Waals surface area contributed by atoms with Gasteiger partial charge in [0.25, 0.3) is 11.8 Å². The standard InChI is InChI=1S/C17H19N3O2/c1-10-5-6-15(14(7-10)17(22)18-4)20-16(21)13-8-11(2)19-12(3)9-13/h5-9H,1-4H3,(H,18,22)(H,20,21). The number of hydrogen-bond donors (Lipinski definition) is 2. The van der Waals surface area contributed by atoms with Gasteiger partial charge < -0.3 is 10.6 Å². The lowest BCUT2D eigenvalue weighted by Gasteiger charge is -2.11. The molecule has 114 valence electrons. The van der Waals surface area contributed by atoms with E-state index in [1.54, 1.807) is 31.3 Å². The first-order valence-corrected chi connectivity index (χ1v) is 7.00. The third kappa shape index (κ3) is 3.49. The second-order valence-electron chi connectivity index (χ2n) is 5.22. The Kier molecular flexibility index (Phi) is 4.56. The molecule has 5 nitrogen and oxygen atoms in total. The van der Waals surface area contributed by atoms with Gasteiger partial charge in [-0.3, -0.25) is 14.6 Å². The minimum absolute atomic E-state index is 0.235. The van der Waals surface area contributed by atoms with Crippen LogP contribution in [0.4, 0.5) is 5.69 Å². The normalized spacial score (nSPS) is 10.2.